The number of nitrogens with zero attached hydrogens (tertiary/aromatic N) is 4. The Labute approximate surface area is 408 Å². The van der Waals surface area contributed by atoms with Crippen LogP contribution in [0.4, 0.5) is 34.1 Å². The number of fused-ring (bicyclic) bond motifs is 1. The van der Waals surface area contributed by atoms with Gasteiger partial charge in [0.15, 0.2) is 9.66 Å². The Morgan fingerprint density at radius 3 is 1.28 bits per heavy atom. The van der Waals surface area contributed by atoms with Crippen LogP contribution in [-0.2, 0) is 22.4 Å². The first kappa shape index (κ1) is 44.2. The number of benzene rings is 6. The van der Waals surface area contributed by atoms with Gasteiger partial charge in [0.1, 0.15) is 10.0 Å². The van der Waals surface area contributed by atoms with Crippen LogP contribution in [0, 0.1) is 13.8 Å². The monoisotopic (exact) mass is 948 g/mol. The second-order valence-corrected chi connectivity index (χ2v) is 20.7. The van der Waals surface area contributed by atoms with E-state index in [4.69, 9.17) is 14.7 Å². The predicted molar refractivity (Wildman–Crippen MR) is 286 cm³/mol. The average Bonchev–Trinajstić information content (AvgIpc) is 4.18. The number of hydrogen-bond donors (Lipinski definition) is 0. The lowest BCUT2D eigenvalue weighted by molar-refractivity contribution is -0.140. The number of ether oxygens (including phenoxy) is 1. The maximum Gasteiger partial charge on any atom is 0.305 e. The normalized spacial score (nSPS) is 11.3. The molecule has 0 saturated heterocycles. The Balaban J connectivity index is 0.839. The van der Waals surface area contributed by atoms with E-state index in [2.05, 4.69) is 200 Å². The molecule has 0 atom stereocenters. The molecule has 10 heteroatoms. The van der Waals surface area contributed by atoms with Gasteiger partial charge < -0.3 is 14.5 Å². The topological polar surface area (TPSA) is 58.6 Å². The minimum Gasteiger partial charge on any atom is -0.469 e. The first-order valence-corrected chi connectivity index (χ1v) is 25.7. The molecular formula is C57H48N4O2S4. The smallest absolute Gasteiger partial charge is 0.305 e. The van der Waals surface area contributed by atoms with Crippen molar-refractivity contribution in [1.82, 2.24) is 9.97 Å². The van der Waals surface area contributed by atoms with Crippen LogP contribution in [0.5, 0.6) is 0 Å². The molecule has 10 aromatic rings. The van der Waals surface area contributed by atoms with Crippen LogP contribution >= 0.6 is 45.3 Å². The van der Waals surface area contributed by atoms with E-state index in [9.17, 15) is 4.79 Å². The summed E-state index contributed by atoms with van der Waals surface area (Å²) in [7, 11) is 1.43. The van der Waals surface area contributed by atoms with Crippen molar-refractivity contribution in [2.75, 3.05) is 16.9 Å². The van der Waals surface area contributed by atoms with Gasteiger partial charge in [-0.1, -0.05) is 109 Å². The summed E-state index contributed by atoms with van der Waals surface area (Å²) in [6.45, 7) is 6.49. The number of esters is 1. The number of methoxy groups -OCH3 is 1. The summed E-state index contributed by atoms with van der Waals surface area (Å²) >= 11 is 6.86. The molecule has 0 spiro atoms. The van der Waals surface area contributed by atoms with Gasteiger partial charge in [-0.25, -0.2) is 9.97 Å². The third-order valence-electron chi connectivity index (χ3n) is 11.7. The summed E-state index contributed by atoms with van der Waals surface area (Å²) in [5, 5.41) is 2.00. The Morgan fingerprint density at radius 1 is 0.478 bits per heavy atom. The van der Waals surface area contributed by atoms with E-state index in [1.165, 1.54) is 39.1 Å². The summed E-state index contributed by atoms with van der Waals surface area (Å²) in [5.74, 6) is -0.199. The first-order valence-electron chi connectivity index (χ1n) is 22.5. The van der Waals surface area contributed by atoms with Gasteiger partial charge in [0.25, 0.3) is 0 Å². The molecule has 0 aliphatic heterocycles. The number of thiazole rings is 2. The van der Waals surface area contributed by atoms with E-state index in [1.54, 1.807) is 45.3 Å². The van der Waals surface area contributed by atoms with Crippen LogP contribution in [0.1, 0.15) is 42.0 Å². The first-order chi connectivity index (χ1) is 32.8. The van der Waals surface area contributed by atoms with E-state index in [1.807, 2.05) is 0 Å². The Hall–Kier alpha value is -6.69. The highest BCUT2D eigenvalue weighted by Crippen LogP contribution is 2.44. The van der Waals surface area contributed by atoms with Crippen molar-refractivity contribution >= 4 is 95.1 Å². The van der Waals surface area contributed by atoms with Gasteiger partial charge in [-0.15, -0.1) is 22.7 Å². The maximum absolute atomic E-state index is 11.7. The summed E-state index contributed by atoms with van der Waals surface area (Å²) in [5.41, 5.74) is 13.9. The van der Waals surface area contributed by atoms with Gasteiger partial charge in [-0.05, 0) is 157 Å². The number of carbonyl (C=O) groups is 1. The zero-order valence-electron chi connectivity index (χ0n) is 37.7. The number of anilines is 6. The van der Waals surface area contributed by atoms with Crippen LogP contribution in [0.25, 0.3) is 50.3 Å². The van der Waals surface area contributed by atoms with Crippen LogP contribution < -0.4 is 9.80 Å². The van der Waals surface area contributed by atoms with Crippen molar-refractivity contribution in [3.8, 4) is 40.7 Å². The summed E-state index contributed by atoms with van der Waals surface area (Å²) in [4.78, 5) is 33.2. The zero-order chi connectivity index (χ0) is 45.9. The highest BCUT2D eigenvalue weighted by Gasteiger charge is 2.19. The SMILES string of the molecule is CCCc1ccc(N(c2ccc(-c3ccc(-c4nc5sc(-c6ccc(-c7ccc(N(c8ccc(CCC(=O)OC)cc8)c8cccc(C)c8)cc7)s6)nc5s4)s3)cc2)c2cccc(C)c2)cc1. The fourth-order valence-electron chi connectivity index (χ4n) is 8.31. The molecule has 0 bridgehead atoms. The Bertz CT molecular complexity index is 3260. The van der Waals surface area contributed by atoms with E-state index < -0.39 is 0 Å². The van der Waals surface area contributed by atoms with E-state index >= 15 is 0 Å². The van der Waals surface area contributed by atoms with Crippen molar-refractivity contribution < 1.29 is 9.53 Å². The molecule has 0 aliphatic rings. The molecule has 0 saturated carbocycles. The van der Waals surface area contributed by atoms with Gasteiger partial charge in [0, 0.05) is 50.3 Å². The lowest BCUT2D eigenvalue weighted by Crippen LogP contribution is -2.10. The van der Waals surface area contributed by atoms with Gasteiger partial charge in [-0.2, -0.15) is 0 Å². The molecule has 0 amide bonds. The second kappa shape index (κ2) is 19.6. The van der Waals surface area contributed by atoms with E-state index in [0.29, 0.717) is 12.8 Å². The number of aryl methyl sites for hydroxylation is 4. The van der Waals surface area contributed by atoms with Crippen molar-refractivity contribution in [3.05, 3.63) is 192 Å². The minimum atomic E-state index is -0.199. The van der Waals surface area contributed by atoms with Gasteiger partial charge >= 0.3 is 5.97 Å². The van der Waals surface area contributed by atoms with Gasteiger partial charge in [0.05, 0.1) is 16.9 Å². The summed E-state index contributed by atoms with van der Waals surface area (Å²) in [6, 6.07) is 61.1. The molecule has 67 heavy (non-hydrogen) atoms. The van der Waals surface area contributed by atoms with Crippen molar-refractivity contribution in [1.29, 1.82) is 0 Å². The number of aromatic nitrogens is 2. The average molecular weight is 949 g/mol. The summed E-state index contributed by atoms with van der Waals surface area (Å²) < 4.78 is 4.84. The molecule has 332 valence electrons. The van der Waals surface area contributed by atoms with Gasteiger partial charge in [0.2, 0.25) is 0 Å². The van der Waals surface area contributed by atoms with Crippen LogP contribution in [0.2, 0.25) is 0 Å². The van der Waals surface area contributed by atoms with Crippen LogP contribution in [0.15, 0.2) is 170 Å². The number of hydrogen-bond acceptors (Lipinski definition) is 10. The molecule has 6 aromatic carbocycles. The molecular weight excluding hydrogens is 901 g/mol. The number of rotatable bonds is 15. The number of carbonyl (C=O) groups excluding carboxylic acids is 1. The third kappa shape index (κ3) is 9.76. The highest BCUT2D eigenvalue weighted by atomic mass is 32.1. The molecule has 6 nitrogen and oxygen atoms in total. The van der Waals surface area contributed by atoms with Crippen LogP contribution in [0.3, 0.4) is 0 Å². The fourth-order valence-corrected chi connectivity index (χ4v) is 12.5. The lowest BCUT2D eigenvalue weighted by atomic mass is 10.1. The maximum atomic E-state index is 11.7. The molecule has 4 aromatic heterocycles. The quantitative estimate of drug-likeness (QED) is 0.0955. The Morgan fingerprint density at radius 2 is 0.881 bits per heavy atom. The Kier molecular flexibility index (Phi) is 13.0. The number of thiophene rings is 2. The van der Waals surface area contributed by atoms with Crippen molar-refractivity contribution in [2.24, 2.45) is 0 Å². The van der Waals surface area contributed by atoms with Crippen molar-refractivity contribution in [3.63, 3.8) is 0 Å². The molecule has 4 heterocycles. The highest BCUT2D eigenvalue weighted by molar-refractivity contribution is 7.32. The minimum absolute atomic E-state index is 0.199. The molecule has 0 unspecified atom stereocenters. The molecule has 0 N–H and O–H groups in total. The molecule has 10 rings (SSSR count). The fraction of sp³-hybridized carbons (Fsp3) is 0.140. The van der Waals surface area contributed by atoms with E-state index in [-0.39, 0.29) is 5.97 Å². The largest absolute Gasteiger partial charge is 0.469 e. The standard InChI is InChI=1S/C57H48N4O2S4/c1-5-8-39-13-22-43(23-14-39)60(47-11-6-9-37(2)35-47)45-26-18-41(19-27-45)49-30-32-51(64-49)54-58-56-57(66-54)59-55(67-56)52-33-31-50(65-52)42-20-28-46(29-21-42)61(48-12-7-10-38(3)36-48)44-24-15-40(16-25-44)17-34-53(62)63-4/h6-7,9-16,18-33,35-36H,5,8,17,34H2,1-4H3. The second-order valence-electron chi connectivity index (χ2n) is 16.6. The lowest BCUT2D eigenvalue weighted by Gasteiger charge is -2.26. The predicted octanol–water partition coefficient (Wildman–Crippen LogP) is 17.2. The summed E-state index contributed by atoms with van der Waals surface area (Å²) in [6.07, 6.45) is 3.23. The molecule has 0 radical (unpaired) electrons. The zero-order valence-corrected chi connectivity index (χ0v) is 41.0. The van der Waals surface area contributed by atoms with Gasteiger partial charge in [-0.3, -0.25) is 4.79 Å². The van der Waals surface area contributed by atoms with E-state index in [0.717, 1.165) is 87.5 Å². The van der Waals surface area contributed by atoms with Crippen LogP contribution in [-0.4, -0.2) is 23.0 Å². The molecule has 0 aliphatic carbocycles. The van der Waals surface area contributed by atoms with Crippen molar-refractivity contribution in [2.45, 2.75) is 46.5 Å². The molecule has 0 fully saturated rings. The third-order valence-corrected chi connectivity index (χ3v) is 16.4.